The van der Waals surface area contributed by atoms with Crippen molar-refractivity contribution >= 4 is 0 Å². The second kappa shape index (κ2) is 5.80. The molecule has 2 aromatic carbocycles. The molecule has 1 aliphatic rings. The number of nitrogens with one attached hydrogen (secondary N) is 1. The summed E-state index contributed by atoms with van der Waals surface area (Å²) in [6.07, 6.45) is 3.57. The molecule has 0 bridgehead atoms. The van der Waals surface area contributed by atoms with E-state index in [0.717, 1.165) is 13.0 Å². The number of hydrogen-bond acceptors (Lipinski definition) is 1. The second-order valence-electron chi connectivity index (χ2n) is 5.91. The van der Waals surface area contributed by atoms with Gasteiger partial charge in [0.05, 0.1) is 0 Å². The van der Waals surface area contributed by atoms with E-state index in [0.29, 0.717) is 6.04 Å². The predicted octanol–water partition coefficient (Wildman–Crippen LogP) is 4.12. The Labute approximate surface area is 122 Å². The fourth-order valence-corrected chi connectivity index (χ4v) is 3.12. The zero-order chi connectivity index (χ0) is 13.9. The molecule has 0 saturated heterocycles. The number of benzene rings is 2. The maximum atomic E-state index is 3.72. The van der Waals surface area contributed by atoms with Gasteiger partial charge in [-0.05, 0) is 67.5 Å². The van der Waals surface area contributed by atoms with E-state index >= 15 is 0 Å². The zero-order valence-electron chi connectivity index (χ0n) is 12.4. The van der Waals surface area contributed by atoms with Crippen molar-refractivity contribution in [3.05, 3.63) is 70.3 Å². The lowest BCUT2D eigenvalue weighted by Gasteiger charge is -2.14. The van der Waals surface area contributed by atoms with Crippen molar-refractivity contribution < 1.29 is 0 Å². The lowest BCUT2D eigenvalue weighted by atomic mass is 10.0. The fourth-order valence-electron chi connectivity index (χ4n) is 3.12. The van der Waals surface area contributed by atoms with Gasteiger partial charge in [0.1, 0.15) is 0 Å². The minimum atomic E-state index is 0.553. The van der Waals surface area contributed by atoms with Crippen LogP contribution in [-0.2, 0) is 12.8 Å². The van der Waals surface area contributed by atoms with E-state index < -0.39 is 0 Å². The van der Waals surface area contributed by atoms with Crippen molar-refractivity contribution in [2.24, 2.45) is 0 Å². The molecule has 0 aliphatic heterocycles. The summed E-state index contributed by atoms with van der Waals surface area (Å²) in [6.45, 7) is 5.42. The number of fused-ring (bicyclic) bond motifs is 1. The summed E-state index contributed by atoms with van der Waals surface area (Å²) in [5, 5.41) is 3.72. The third-order valence-electron chi connectivity index (χ3n) is 4.51. The van der Waals surface area contributed by atoms with Crippen molar-refractivity contribution in [2.45, 2.75) is 39.2 Å². The van der Waals surface area contributed by atoms with Crippen LogP contribution in [0.4, 0.5) is 0 Å². The molecule has 1 unspecified atom stereocenters. The first kappa shape index (κ1) is 13.4. The molecule has 1 atom stereocenters. The number of rotatable bonds is 4. The topological polar surface area (TPSA) is 12.0 Å². The van der Waals surface area contributed by atoms with Crippen LogP contribution in [0.15, 0.2) is 42.5 Å². The minimum absolute atomic E-state index is 0.553. The molecular formula is C19H23N. The zero-order valence-corrected chi connectivity index (χ0v) is 12.4. The SMILES string of the molecule is Cc1ccc(CCNC2CCc3ccccc32)cc1C. The molecule has 104 valence electrons. The predicted molar refractivity (Wildman–Crippen MR) is 85.1 cm³/mol. The van der Waals surface area contributed by atoms with Gasteiger partial charge >= 0.3 is 0 Å². The Bertz CT molecular complexity index is 600. The summed E-state index contributed by atoms with van der Waals surface area (Å²) in [5.74, 6) is 0. The van der Waals surface area contributed by atoms with Gasteiger partial charge in [-0.2, -0.15) is 0 Å². The highest BCUT2D eigenvalue weighted by Crippen LogP contribution is 2.30. The van der Waals surface area contributed by atoms with Crippen LogP contribution in [0.1, 0.15) is 40.3 Å². The Balaban J connectivity index is 1.57. The Morgan fingerprint density at radius 3 is 2.75 bits per heavy atom. The number of hydrogen-bond donors (Lipinski definition) is 1. The first-order chi connectivity index (χ1) is 9.74. The Kier molecular flexibility index (Phi) is 3.88. The molecule has 0 spiro atoms. The van der Waals surface area contributed by atoms with E-state index in [9.17, 15) is 0 Å². The molecule has 2 aromatic rings. The standard InChI is InChI=1S/C19H23N/c1-14-7-8-16(13-15(14)2)11-12-20-19-10-9-17-5-3-4-6-18(17)19/h3-8,13,19-20H,9-12H2,1-2H3. The Morgan fingerprint density at radius 2 is 1.90 bits per heavy atom. The van der Waals surface area contributed by atoms with Gasteiger partial charge in [0.15, 0.2) is 0 Å². The molecule has 20 heavy (non-hydrogen) atoms. The Morgan fingerprint density at radius 1 is 1.05 bits per heavy atom. The third-order valence-corrected chi connectivity index (χ3v) is 4.51. The second-order valence-corrected chi connectivity index (χ2v) is 5.91. The monoisotopic (exact) mass is 265 g/mol. The fraction of sp³-hybridized carbons (Fsp3) is 0.368. The molecular weight excluding hydrogens is 242 g/mol. The van der Waals surface area contributed by atoms with Gasteiger partial charge < -0.3 is 5.32 Å². The lowest BCUT2D eigenvalue weighted by molar-refractivity contribution is 0.533. The molecule has 0 saturated carbocycles. The summed E-state index contributed by atoms with van der Waals surface area (Å²) in [6, 6.07) is 16.2. The highest BCUT2D eigenvalue weighted by atomic mass is 14.9. The molecule has 0 aromatic heterocycles. The summed E-state index contributed by atoms with van der Waals surface area (Å²) in [4.78, 5) is 0. The molecule has 0 fully saturated rings. The van der Waals surface area contributed by atoms with Crippen LogP contribution in [0.2, 0.25) is 0 Å². The van der Waals surface area contributed by atoms with Gasteiger partial charge in [-0.25, -0.2) is 0 Å². The van der Waals surface area contributed by atoms with Crippen molar-refractivity contribution in [3.63, 3.8) is 0 Å². The maximum absolute atomic E-state index is 3.72. The first-order valence-electron chi connectivity index (χ1n) is 7.61. The molecule has 1 N–H and O–H groups in total. The summed E-state index contributed by atoms with van der Waals surface area (Å²) < 4.78 is 0. The minimum Gasteiger partial charge on any atom is -0.310 e. The van der Waals surface area contributed by atoms with Gasteiger partial charge in [-0.3, -0.25) is 0 Å². The van der Waals surface area contributed by atoms with Crippen LogP contribution in [-0.4, -0.2) is 6.54 Å². The van der Waals surface area contributed by atoms with Gasteiger partial charge in [0.2, 0.25) is 0 Å². The number of aryl methyl sites for hydroxylation is 3. The van der Waals surface area contributed by atoms with Gasteiger partial charge in [0.25, 0.3) is 0 Å². The lowest BCUT2D eigenvalue weighted by Crippen LogP contribution is -2.21. The van der Waals surface area contributed by atoms with Gasteiger partial charge in [0, 0.05) is 6.04 Å². The Hall–Kier alpha value is -1.60. The summed E-state index contributed by atoms with van der Waals surface area (Å²) in [7, 11) is 0. The average molecular weight is 265 g/mol. The van der Waals surface area contributed by atoms with Crippen LogP contribution in [0.3, 0.4) is 0 Å². The van der Waals surface area contributed by atoms with E-state index in [1.807, 2.05) is 0 Å². The summed E-state index contributed by atoms with van der Waals surface area (Å²) >= 11 is 0. The highest BCUT2D eigenvalue weighted by molar-refractivity contribution is 5.34. The van der Waals surface area contributed by atoms with Crippen LogP contribution in [0.5, 0.6) is 0 Å². The van der Waals surface area contributed by atoms with Gasteiger partial charge in [-0.15, -0.1) is 0 Å². The van der Waals surface area contributed by atoms with Crippen molar-refractivity contribution in [3.8, 4) is 0 Å². The van der Waals surface area contributed by atoms with Crippen molar-refractivity contribution in [2.75, 3.05) is 6.54 Å². The van der Waals surface area contributed by atoms with E-state index in [2.05, 4.69) is 61.6 Å². The van der Waals surface area contributed by atoms with E-state index in [-0.39, 0.29) is 0 Å². The average Bonchev–Trinajstić information content (AvgIpc) is 2.86. The van der Waals surface area contributed by atoms with Crippen molar-refractivity contribution in [1.29, 1.82) is 0 Å². The van der Waals surface area contributed by atoms with Crippen LogP contribution < -0.4 is 5.32 Å². The molecule has 1 aliphatic carbocycles. The van der Waals surface area contributed by atoms with Crippen molar-refractivity contribution in [1.82, 2.24) is 5.32 Å². The smallest absolute Gasteiger partial charge is 0.0326 e. The molecule has 0 amide bonds. The molecule has 3 rings (SSSR count). The summed E-state index contributed by atoms with van der Waals surface area (Å²) in [5.41, 5.74) is 7.25. The molecule has 1 nitrogen and oxygen atoms in total. The maximum Gasteiger partial charge on any atom is 0.0326 e. The normalized spacial score (nSPS) is 17.2. The van der Waals surface area contributed by atoms with E-state index in [4.69, 9.17) is 0 Å². The van der Waals surface area contributed by atoms with E-state index in [1.54, 1.807) is 0 Å². The quantitative estimate of drug-likeness (QED) is 0.876. The van der Waals surface area contributed by atoms with Crippen LogP contribution >= 0.6 is 0 Å². The largest absolute Gasteiger partial charge is 0.310 e. The molecule has 1 heteroatoms. The first-order valence-corrected chi connectivity index (χ1v) is 7.61. The molecule has 0 radical (unpaired) electrons. The van der Waals surface area contributed by atoms with Gasteiger partial charge in [-0.1, -0.05) is 42.5 Å². The van der Waals surface area contributed by atoms with Crippen LogP contribution in [0.25, 0.3) is 0 Å². The highest BCUT2D eigenvalue weighted by Gasteiger charge is 2.20. The van der Waals surface area contributed by atoms with Crippen LogP contribution in [0, 0.1) is 13.8 Å². The molecule has 0 heterocycles. The third kappa shape index (κ3) is 2.78. The van der Waals surface area contributed by atoms with E-state index in [1.165, 1.54) is 40.7 Å².